The molecule has 1 aliphatic rings. The maximum atomic E-state index is 2.61. The van der Waals surface area contributed by atoms with Crippen LogP contribution in [0.1, 0.15) is 152 Å². The third-order valence-electron chi connectivity index (χ3n) is 20.1. The Labute approximate surface area is 526 Å². The molecule has 15 rings (SSSR count). The number of fused-ring (bicyclic) bond motifs is 11. The number of hydrogen-bond donors (Lipinski definition) is 0. The molecule has 0 radical (unpaired) electrons. The van der Waals surface area contributed by atoms with E-state index in [4.69, 9.17) is 0 Å². The monoisotopic (exact) mass is 1150 g/mol. The molecule has 11 aromatic carbocycles. The summed E-state index contributed by atoms with van der Waals surface area (Å²) in [5, 5.41) is 7.47. The molecule has 0 spiro atoms. The molecule has 3 aromatic heterocycles. The van der Waals surface area contributed by atoms with Crippen LogP contribution in [0.15, 0.2) is 224 Å². The molecule has 4 heterocycles. The Morgan fingerprint density at radius 3 is 0.910 bits per heavy atom. The summed E-state index contributed by atoms with van der Waals surface area (Å²) in [5.74, 6) is 2.26. The number of rotatable bonds is 12. The van der Waals surface area contributed by atoms with E-state index in [9.17, 15) is 0 Å². The molecule has 0 saturated heterocycles. The standard InChI is InChI=1S/C84H79B2N3/c1-50(2)58-43-67(52(5)6)83(68(44-58)53(7)8)85-73-27-17-18-28-74(73)86(84-69(54(9)10)45-59(51(3)4)46-70(84)55(11)12)76-47-57(35-40-75(76)85)56-33-36-60(37-34-56)87-81-41-38-61(88-77-29-19-13-23-63(77)64-24-14-20-30-78(64)88)48-71(81)72-49-62(39-42-82(72)87)89-79-31-21-15-25-65(79)66-26-16-22-32-80(66)89/h13-55H,1-12H3. The molecule has 0 bridgehead atoms. The van der Waals surface area contributed by atoms with Crippen LogP contribution in [0.4, 0.5) is 0 Å². The first-order valence-corrected chi connectivity index (χ1v) is 32.9. The number of hydrogen-bond acceptors (Lipinski definition) is 0. The van der Waals surface area contributed by atoms with Crippen LogP contribution < -0.4 is 32.8 Å². The maximum Gasteiger partial charge on any atom is 0.240 e. The van der Waals surface area contributed by atoms with Crippen molar-refractivity contribution < 1.29 is 0 Å². The highest BCUT2D eigenvalue weighted by Crippen LogP contribution is 2.41. The van der Waals surface area contributed by atoms with E-state index in [-0.39, 0.29) is 13.4 Å². The Bertz CT molecular complexity index is 4780. The summed E-state index contributed by atoms with van der Waals surface area (Å²) >= 11 is 0. The van der Waals surface area contributed by atoms with E-state index in [1.807, 2.05) is 0 Å². The molecule has 0 atom stereocenters. The lowest BCUT2D eigenvalue weighted by Crippen LogP contribution is -2.76. The van der Waals surface area contributed by atoms with Crippen molar-refractivity contribution in [3.63, 3.8) is 0 Å². The van der Waals surface area contributed by atoms with Crippen LogP contribution in [0.25, 0.3) is 93.6 Å². The van der Waals surface area contributed by atoms with E-state index < -0.39 is 0 Å². The molecule has 0 saturated carbocycles. The highest BCUT2D eigenvalue weighted by Gasteiger charge is 2.43. The molecule has 0 unspecified atom stereocenters. The van der Waals surface area contributed by atoms with E-state index in [1.165, 1.54) is 143 Å². The van der Waals surface area contributed by atoms with Crippen LogP contribution in [-0.2, 0) is 0 Å². The second kappa shape index (κ2) is 21.9. The van der Waals surface area contributed by atoms with Gasteiger partial charge in [0.05, 0.1) is 33.1 Å². The Kier molecular flexibility index (Phi) is 13.9. The van der Waals surface area contributed by atoms with E-state index in [0.717, 1.165) is 17.1 Å². The molecule has 89 heavy (non-hydrogen) atoms. The van der Waals surface area contributed by atoms with Gasteiger partial charge in [0, 0.05) is 49.4 Å². The molecular formula is C84H79B2N3. The lowest BCUT2D eigenvalue weighted by molar-refractivity contribution is 0.812. The van der Waals surface area contributed by atoms with Crippen LogP contribution in [0.5, 0.6) is 0 Å². The van der Waals surface area contributed by atoms with Crippen LogP contribution in [0.3, 0.4) is 0 Å². The van der Waals surface area contributed by atoms with Crippen LogP contribution in [0.2, 0.25) is 0 Å². The van der Waals surface area contributed by atoms with Crippen LogP contribution in [0, 0.1) is 0 Å². The summed E-state index contributed by atoms with van der Waals surface area (Å²) < 4.78 is 7.40. The highest BCUT2D eigenvalue weighted by atomic mass is 15.0. The summed E-state index contributed by atoms with van der Waals surface area (Å²) in [6, 6.07) is 86.5. The van der Waals surface area contributed by atoms with Crippen molar-refractivity contribution in [2.24, 2.45) is 0 Å². The zero-order valence-corrected chi connectivity index (χ0v) is 53.8. The number of benzene rings is 11. The van der Waals surface area contributed by atoms with Gasteiger partial charge in [-0.05, 0) is 153 Å². The fraction of sp³-hybridized carbons (Fsp3) is 0.214. The third kappa shape index (κ3) is 9.08. The van der Waals surface area contributed by atoms with E-state index in [0.29, 0.717) is 35.5 Å². The van der Waals surface area contributed by atoms with E-state index in [2.05, 4.69) is 321 Å². The first-order valence-electron chi connectivity index (χ1n) is 32.9. The van der Waals surface area contributed by atoms with Crippen LogP contribution >= 0.6 is 0 Å². The van der Waals surface area contributed by atoms with Crippen molar-refractivity contribution in [3.05, 3.63) is 258 Å². The number of para-hydroxylation sites is 4. The molecule has 0 amide bonds. The summed E-state index contributed by atoms with van der Waals surface area (Å²) in [7, 11) is 0. The Morgan fingerprint density at radius 1 is 0.236 bits per heavy atom. The summed E-state index contributed by atoms with van der Waals surface area (Å²) in [6.45, 7) is 28.8. The van der Waals surface area contributed by atoms with Gasteiger partial charge in [-0.1, -0.05) is 268 Å². The fourth-order valence-electron chi connectivity index (χ4n) is 15.7. The topological polar surface area (TPSA) is 14.8 Å². The first kappa shape index (κ1) is 56.5. The quantitative estimate of drug-likeness (QED) is 0.108. The zero-order chi connectivity index (χ0) is 61.3. The average Bonchev–Trinajstić information content (AvgIpc) is 1.73. The SMILES string of the molecule is CC(C)c1cc(C(C)C)c(B2c3ccccc3B(c3c(C(C)C)cc(C(C)C)cc3C(C)C)c3cc(-c4ccc(-n5c6ccc(-n7c8ccccc8c8ccccc87)cc6c6cc(-n7c8ccccc8c8ccccc87)ccc65)cc4)ccc32)c(C(C)C)c1. The highest BCUT2D eigenvalue weighted by molar-refractivity contribution is 7.11. The van der Waals surface area contributed by atoms with Gasteiger partial charge in [0.15, 0.2) is 0 Å². The zero-order valence-electron chi connectivity index (χ0n) is 53.8. The summed E-state index contributed by atoms with van der Waals surface area (Å²) in [6.07, 6.45) is 0. The molecule has 0 fully saturated rings. The minimum Gasteiger partial charge on any atom is -0.309 e. The second-order valence-electron chi connectivity index (χ2n) is 27.5. The fourth-order valence-corrected chi connectivity index (χ4v) is 15.7. The molecule has 14 aromatic rings. The smallest absolute Gasteiger partial charge is 0.240 e. The van der Waals surface area contributed by atoms with Crippen molar-refractivity contribution in [2.45, 2.75) is 119 Å². The van der Waals surface area contributed by atoms with Gasteiger partial charge >= 0.3 is 0 Å². The molecule has 0 N–H and O–H groups in total. The van der Waals surface area contributed by atoms with Gasteiger partial charge in [0.1, 0.15) is 0 Å². The van der Waals surface area contributed by atoms with Gasteiger partial charge in [-0.25, -0.2) is 0 Å². The van der Waals surface area contributed by atoms with Gasteiger partial charge in [-0.3, -0.25) is 0 Å². The first-order chi connectivity index (χ1) is 43.1. The van der Waals surface area contributed by atoms with Gasteiger partial charge in [-0.15, -0.1) is 0 Å². The lowest BCUT2D eigenvalue weighted by atomic mass is 9.20. The van der Waals surface area contributed by atoms with Gasteiger partial charge < -0.3 is 13.7 Å². The molecule has 0 aliphatic carbocycles. The maximum absolute atomic E-state index is 2.61. The third-order valence-corrected chi connectivity index (χ3v) is 20.1. The van der Waals surface area contributed by atoms with Crippen molar-refractivity contribution in [3.8, 4) is 28.2 Å². The van der Waals surface area contributed by atoms with E-state index >= 15 is 0 Å². The molecule has 5 heteroatoms. The van der Waals surface area contributed by atoms with Gasteiger partial charge in [-0.2, -0.15) is 0 Å². The number of nitrogens with zero attached hydrogens (tertiary/aromatic N) is 3. The molecule has 436 valence electrons. The van der Waals surface area contributed by atoms with Crippen molar-refractivity contribution in [1.29, 1.82) is 0 Å². The minimum atomic E-state index is 0.0463. The van der Waals surface area contributed by atoms with Crippen LogP contribution in [-0.4, -0.2) is 27.1 Å². The normalized spacial score (nSPS) is 12.8. The molecular weight excluding hydrogens is 1070 g/mol. The average molecular weight is 1150 g/mol. The largest absolute Gasteiger partial charge is 0.309 e. The molecule has 1 aliphatic heterocycles. The Morgan fingerprint density at radius 2 is 0.539 bits per heavy atom. The predicted octanol–water partition coefficient (Wildman–Crippen LogP) is 18.7. The summed E-state index contributed by atoms with van der Waals surface area (Å²) in [4.78, 5) is 0. The Balaban J connectivity index is 0.936. The number of aromatic nitrogens is 3. The predicted molar refractivity (Wildman–Crippen MR) is 388 cm³/mol. The van der Waals surface area contributed by atoms with Crippen molar-refractivity contribution >= 4 is 112 Å². The lowest BCUT2D eigenvalue weighted by Gasteiger charge is -2.37. The molecule has 3 nitrogen and oxygen atoms in total. The van der Waals surface area contributed by atoms with Crippen molar-refractivity contribution in [1.82, 2.24) is 13.7 Å². The van der Waals surface area contributed by atoms with E-state index in [1.54, 1.807) is 0 Å². The van der Waals surface area contributed by atoms with Gasteiger partial charge in [0.2, 0.25) is 13.4 Å². The summed E-state index contributed by atoms with van der Waals surface area (Å²) in [5.41, 5.74) is 30.5. The second-order valence-corrected chi connectivity index (χ2v) is 27.5. The van der Waals surface area contributed by atoms with Gasteiger partial charge in [0.25, 0.3) is 0 Å². The van der Waals surface area contributed by atoms with Crippen molar-refractivity contribution in [2.75, 3.05) is 0 Å². The minimum absolute atomic E-state index is 0.0463. The Hall–Kier alpha value is -9.05.